The van der Waals surface area contributed by atoms with E-state index in [1.54, 1.807) is 0 Å². The Bertz CT molecular complexity index is 690. The quantitative estimate of drug-likeness (QED) is 0.922. The summed E-state index contributed by atoms with van der Waals surface area (Å²) < 4.78 is 5.70. The van der Waals surface area contributed by atoms with Crippen LogP contribution in [-0.4, -0.2) is 36.5 Å². The first-order valence-corrected chi connectivity index (χ1v) is 8.28. The number of likely N-dealkylation sites (tertiary alicyclic amines) is 1. The minimum Gasteiger partial charge on any atom is -0.484 e. The van der Waals surface area contributed by atoms with E-state index in [4.69, 9.17) is 10.5 Å². The van der Waals surface area contributed by atoms with Crippen molar-refractivity contribution in [3.05, 3.63) is 42.5 Å². The number of ether oxygens (including phenoxy) is 1. The Hall–Kier alpha value is -1.78. The number of hydrogen-bond acceptors (Lipinski definition) is 3. The molecule has 130 valence electrons. The smallest absolute Gasteiger partial charge is 0.260 e. The van der Waals surface area contributed by atoms with Gasteiger partial charge in [-0.1, -0.05) is 30.3 Å². The average molecular weight is 349 g/mol. The zero-order valence-corrected chi connectivity index (χ0v) is 14.8. The summed E-state index contributed by atoms with van der Waals surface area (Å²) >= 11 is 0. The average Bonchev–Trinajstić information content (AvgIpc) is 2.59. The Kier molecular flexibility index (Phi) is 6.46. The molecule has 0 radical (unpaired) electrons. The summed E-state index contributed by atoms with van der Waals surface area (Å²) in [5.74, 6) is 1.18. The highest BCUT2D eigenvalue weighted by Gasteiger charge is 2.25. The molecule has 2 N–H and O–H groups in total. The molecule has 3 rings (SSSR count). The lowest BCUT2D eigenvalue weighted by molar-refractivity contribution is -0.135. The van der Waals surface area contributed by atoms with Gasteiger partial charge in [0.25, 0.3) is 5.91 Å². The molecule has 1 amide bonds. The van der Waals surface area contributed by atoms with Crippen LogP contribution in [0.15, 0.2) is 42.5 Å². The van der Waals surface area contributed by atoms with Crippen molar-refractivity contribution in [1.29, 1.82) is 0 Å². The summed E-state index contributed by atoms with van der Waals surface area (Å²) in [5.41, 5.74) is 5.98. The van der Waals surface area contributed by atoms with Crippen LogP contribution in [0.2, 0.25) is 0 Å². The van der Waals surface area contributed by atoms with Crippen molar-refractivity contribution < 1.29 is 9.53 Å². The summed E-state index contributed by atoms with van der Waals surface area (Å²) in [6.07, 6.45) is 2.13. The molecule has 1 heterocycles. The molecule has 0 aliphatic carbocycles. The number of hydrogen-bond donors (Lipinski definition) is 1. The van der Waals surface area contributed by atoms with Crippen molar-refractivity contribution in [2.24, 2.45) is 11.7 Å². The first-order valence-electron chi connectivity index (χ1n) is 8.28. The van der Waals surface area contributed by atoms with E-state index in [1.165, 1.54) is 5.39 Å². The largest absolute Gasteiger partial charge is 0.484 e. The van der Waals surface area contributed by atoms with Gasteiger partial charge in [0.1, 0.15) is 5.75 Å². The zero-order chi connectivity index (χ0) is 16.2. The van der Waals surface area contributed by atoms with Gasteiger partial charge in [-0.3, -0.25) is 4.79 Å². The maximum absolute atomic E-state index is 12.4. The van der Waals surface area contributed by atoms with Crippen molar-refractivity contribution in [3.8, 4) is 5.75 Å². The van der Waals surface area contributed by atoms with Gasteiger partial charge in [-0.25, -0.2) is 0 Å². The second-order valence-corrected chi connectivity index (χ2v) is 6.40. The van der Waals surface area contributed by atoms with Gasteiger partial charge in [-0.15, -0.1) is 12.4 Å². The van der Waals surface area contributed by atoms with E-state index in [9.17, 15) is 4.79 Å². The zero-order valence-electron chi connectivity index (χ0n) is 14.0. The van der Waals surface area contributed by atoms with Crippen molar-refractivity contribution in [1.82, 2.24) is 4.90 Å². The second-order valence-electron chi connectivity index (χ2n) is 6.40. The highest BCUT2D eigenvalue weighted by atomic mass is 35.5. The van der Waals surface area contributed by atoms with Crippen LogP contribution >= 0.6 is 12.4 Å². The molecule has 24 heavy (non-hydrogen) atoms. The van der Waals surface area contributed by atoms with Gasteiger partial charge in [-0.05, 0) is 48.6 Å². The SMILES string of the molecule is CC(N)C1CCCN(C(=O)COc2ccc3ccccc3c2)C1.Cl. The third-order valence-corrected chi connectivity index (χ3v) is 4.64. The van der Waals surface area contributed by atoms with Gasteiger partial charge in [-0.2, -0.15) is 0 Å². The minimum absolute atomic E-state index is 0. The number of amides is 1. The molecule has 5 heteroatoms. The number of fused-ring (bicyclic) bond motifs is 1. The van der Waals surface area contributed by atoms with E-state index in [0.29, 0.717) is 5.92 Å². The lowest BCUT2D eigenvalue weighted by Crippen LogP contribution is -2.46. The van der Waals surface area contributed by atoms with E-state index in [-0.39, 0.29) is 31.0 Å². The van der Waals surface area contributed by atoms with E-state index >= 15 is 0 Å². The van der Waals surface area contributed by atoms with Crippen LogP contribution in [-0.2, 0) is 4.79 Å². The highest BCUT2D eigenvalue weighted by Crippen LogP contribution is 2.22. The maximum Gasteiger partial charge on any atom is 0.260 e. The number of carbonyl (C=O) groups excluding carboxylic acids is 1. The van der Waals surface area contributed by atoms with Gasteiger partial charge in [0, 0.05) is 19.1 Å². The molecule has 0 bridgehead atoms. The molecule has 1 saturated heterocycles. The molecule has 2 atom stereocenters. The summed E-state index contributed by atoms with van der Waals surface area (Å²) in [7, 11) is 0. The predicted octanol–water partition coefficient (Wildman–Crippen LogP) is 3.23. The van der Waals surface area contributed by atoms with Crippen molar-refractivity contribution >= 4 is 29.1 Å². The van der Waals surface area contributed by atoms with Crippen molar-refractivity contribution in [3.63, 3.8) is 0 Å². The van der Waals surface area contributed by atoms with Gasteiger partial charge in [0.15, 0.2) is 6.61 Å². The number of nitrogens with two attached hydrogens (primary N) is 1. The minimum atomic E-state index is 0. The molecule has 2 aromatic carbocycles. The summed E-state index contributed by atoms with van der Waals surface area (Å²) in [6.45, 7) is 3.66. The van der Waals surface area contributed by atoms with Gasteiger partial charge < -0.3 is 15.4 Å². The lowest BCUT2D eigenvalue weighted by atomic mass is 9.92. The summed E-state index contributed by atoms with van der Waals surface area (Å²) in [4.78, 5) is 14.3. The van der Waals surface area contributed by atoms with Gasteiger partial charge >= 0.3 is 0 Å². The topological polar surface area (TPSA) is 55.6 Å². The van der Waals surface area contributed by atoms with Crippen LogP contribution in [0, 0.1) is 5.92 Å². The highest BCUT2D eigenvalue weighted by molar-refractivity contribution is 5.85. The predicted molar refractivity (Wildman–Crippen MR) is 99.6 cm³/mol. The Balaban J connectivity index is 0.00000208. The molecule has 0 aromatic heterocycles. The van der Waals surface area contributed by atoms with Crippen LogP contribution in [0.25, 0.3) is 10.8 Å². The first-order chi connectivity index (χ1) is 11.1. The first kappa shape index (κ1) is 18.6. The maximum atomic E-state index is 12.4. The molecule has 4 nitrogen and oxygen atoms in total. The standard InChI is InChI=1S/C19H24N2O2.ClH/c1-14(20)17-7-4-10-21(12-17)19(22)13-23-18-9-8-15-5-2-3-6-16(15)11-18;/h2-3,5-6,8-9,11,14,17H,4,7,10,12-13,20H2,1H3;1H. The second kappa shape index (κ2) is 8.36. The molecule has 1 aliphatic heterocycles. The Morgan fingerprint density at radius 3 is 2.79 bits per heavy atom. The monoisotopic (exact) mass is 348 g/mol. The van der Waals surface area contributed by atoms with Gasteiger partial charge in [0.2, 0.25) is 0 Å². The fourth-order valence-corrected chi connectivity index (χ4v) is 3.16. The normalized spacial score (nSPS) is 18.8. The fraction of sp³-hybridized carbons (Fsp3) is 0.421. The Morgan fingerprint density at radius 1 is 1.29 bits per heavy atom. The van der Waals surface area contributed by atoms with Crippen LogP contribution in [0.4, 0.5) is 0 Å². The number of benzene rings is 2. The third kappa shape index (κ3) is 4.40. The third-order valence-electron chi connectivity index (χ3n) is 4.64. The fourth-order valence-electron chi connectivity index (χ4n) is 3.16. The number of rotatable bonds is 4. The number of carbonyl (C=O) groups is 1. The summed E-state index contributed by atoms with van der Waals surface area (Å²) in [6, 6.07) is 14.2. The Labute approximate surface area is 149 Å². The molecular formula is C19H25ClN2O2. The molecule has 0 spiro atoms. The van der Waals surface area contributed by atoms with E-state index in [1.807, 2.05) is 48.2 Å². The molecule has 1 aliphatic rings. The summed E-state index contributed by atoms with van der Waals surface area (Å²) in [5, 5.41) is 2.29. The van der Waals surface area contributed by atoms with Crippen LogP contribution in [0.1, 0.15) is 19.8 Å². The number of halogens is 1. The van der Waals surface area contributed by atoms with Crippen LogP contribution in [0.5, 0.6) is 5.75 Å². The molecular weight excluding hydrogens is 324 g/mol. The van der Waals surface area contributed by atoms with Crippen molar-refractivity contribution in [2.45, 2.75) is 25.8 Å². The van der Waals surface area contributed by atoms with E-state index in [0.717, 1.165) is 37.1 Å². The Morgan fingerprint density at radius 2 is 2.04 bits per heavy atom. The van der Waals surface area contributed by atoms with E-state index in [2.05, 4.69) is 6.07 Å². The molecule has 2 aromatic rings. The number of nitrogens with zero attached hydrogens (tertiary/aromatic N) is 1. The molecule has 2 unspecified atom stereocenters. The molecule has 0 saturated carbocycles. The van der Waals surface area contributed by atoms with E-state index < -0.39 is 0 Å². The lowest BCUT2D eigenvalue weighted by Gasteiger charge is -2.34. The van der Waals surface area contributed by atoms with Crippen LogP contribution < -0.4 is 10.5 Å². The molecule has 1 fully saturated rings. The van der Waals surface area contributed by atoms with Crippen LogP contribution in [0.3, 0.4) is 0 Å². The van der Waals surface area contributed by atoms with Gasteiger partial charge in [0.05, 0.1) is 0 Å². The van der Waals surface area contributed by atoms with Crippen molar-refractivity contribution in [2.75, 3.05) is 19.7 Å². The number of piperidine rings is 1.